The van der Waals surface area contributed by atoms with Gasteiger partial charge in [-0.25, -0.2) is 0 Å². The largest absolute Gasteiger partial charge is 0.367 e. The Balaban J connectivity index is 1.65. The van der Waals surface area contributed by atoms with Gasteiger partial charge in [0.1, 0.15) is 6.61 Å². The maximum atomic E-state index is 12.0. The van der Waals surface area contributed by atoms with E-state index in [1.54, 1.807) is 0 Å². The highest BCUT2D eigenvalue weighted by Crippen LogP contribution is 2.11. The number of amides is 1. The number of carbonyl (C=O) groups is 1. The number of likely N-dealkylation sites (N-methyl/N-ethyl adjacent to an activating group) is 1. The molecule has 1 N–H and O–H groups in total. The third-order valence-corrected chi connectivity index (χ3v) is 3.91. The van der Waals surface area contributed by atoms with Crippen molar-refractivity contribution < 1.29 is 9.53 Å². The molecule has 104 valence electrons. The van der Waals surface area contributed by atoms with Gasteiger partial charge in [0.05, 0.1) is 6.10 Å². The molecule has 0 aliphatic carbocycles. The quantitative estimate of drug-likeness (QED) is 0.766. The molecule has 0 saturated carbocycles. The number of hydrogen-bond acceptors (Lipinski definition) is 4. The van der Waals surface area contributed by atoms with Gasteiger partial charge in [-0.1, -0.05) is 0 Å². The Morgan fingerprint density at radius 3 is 2.61 bits per heavy atom. The fraction of sp³-hybridized carbons (Fsp3) is 0.923. The fourth-order valence-corrected chi connectivity index (χ4v) is 2.45. The summed E-state index contributed by atoms with van der Waals surface area (Å²) in [6.07, 6.45) is 2.40. The van der Waals surface area contributed by atoms with Crippen LogP contribution in [0.5, 0.6) is 0 Å². The van der Waals surface area contributed by atoms with Crippen LogP contribution in [0.4, 0.5) is 0 Å². The monoisotopic (exact) mass is 255 g/mol. The summed E-state index contributed by atoms with van der Waals surface area (Å²) in [5, 5.41) is 3.38. The Kier molecular flexibility index (Phi) is 4.97. The summed E-state index contributed by atoms with van der Waals surface area (Å²) in [5.41, 5.74) is 0. The second kappa shape index (κ2) is 6.50. The van der Waals surface area contributed by atoms with Crippen LogP contribution in [0.1, 0.15) is 19.8 Å². The zero-order chi connectivity index (χ0) is 13.0. The zero-order valence-electron chi connectivity index (χ0n) is 11.5. The number of rotatable bonds is 3. The first-order valence-corrected chi connectivity index (χ1v) is 6.96. The van der Waals surface area contributed by atoms with Crippen molar-refractivity contribution in [2.24, 2.45) is 0 Å². The topological polar surface area (TPSA) is 44.8 Å². The minimum Gasteiger partial charge on any atom is -0.367 e. The number of piperidine rings is 1. The van der Waals surface area contributed by atoms with Crippen molar-refractivity contribution in [3.8, 4) is 0 Å². The van der Waals surface area contributed by atoms with Crippen LogP contribution in [0.3, 0.4) is 0 Å². The Bertz CT molecular complexity index is 269. The van der Waals surface area contributed by atoms with Crippen molar-refractivity contribution in [1.82, 2.24) is 15.1 Å². The molecular weight excluding hydrogens is 230 g/mol. The van der Waals surface area contributed by atoms with Crippen LogP contribution < -0.4 is 5.32 Å². The molecule has 5 nitrogen and oxygen atoms in total. The number of piperazine rings is 1. The average Bonchev–Trinajstić information content (AvgIpc) is 2.38. The Morgan fingerprint density at radius 2 is 2.00 bits per heavy atom. The molecule has 0 spiro atoms. The Hall–Kier alpha value is -0.650. The maximum Gasteiger partial charge on any atom is 0.248 e. The number of ether oxygens (including phenoxy) is 1. The lowest BCUT2D eigenvalue weighted by atomic mass is 10.0. The van der Waals surface area contributed by atoms with E-state index in [9.17, 15) is 4.79 Å². The second-order valence-electron chi connectivity index (χ2n) is 5.50. The first kappa shape index (κ1) is 13.8. The first-order valence-electron chi connectivity index (χ1n) is 6.96. The van der Waals surface area contributed by atoms with Crippen molar-refractivity contribution in [2.45, 2.75) is 31.9 Å². The molecule has 2 fully saturated rings. The molecule has 2 unspecified atom stereocenters. The van der Waals surface area contributed by atoms with Gasteiger partial charge in [-0.3, -0.25) is 4.79 Å². The standard InChI is InChI=1S/C13H25N3O2/c1-11-3-4-12(9-14-11)18-10-13(17)16-7-5-15(2)6-8-16/h11-12,14H,3-10H2,1-2H3. The summed E-state index contributed by atoms with van der Waals surface area (Å²) in [5.74, 6) is 0.140. The van der Waals surface area contributed by atoms with Crippen LogP contribution >= 0.6 is 0 Å². The predicted molar refractivity (Wildman–Crippen MR) is 70.5 cm³/mol. The third kappa shape index (κ3) is 3.93. The minimum atomic E-state index is 0.140. The molecule has 0 bridgehead atoms. The van der Waals surface area contributed by atoms with Crippen molar-refractivity contribution in [3.05, 3.63) is 0 Å². The number of hydrogen-bond donors (Lipinski definition) is 1. The molecule has 0 aromatic rings. The van der Waals surface area contributed by atoms with Gasteiger partial charge in [-0.05, 0) is 26.8 Å². The van der Waals surface area contributed by atoms with Crippen molar-refractivity contribution >= 4 is 5.91 Å². The molecule has 0 radical (unpaired) electrons. The highest BCUT2D eigenvalue weighted by atomic mass is 16.5. The minimum absolute atomic E-state index is 0.140. The molecule has 2 saturated heterocycles. The van der Waals surface area contributed by atoms with Gasteiger partial charge >= 0.3 is 0 Å². The Morgan fingerprint density at radius 1 is 1.28 bits per heavy atom. The van der Waals surface area contributed by atoms with Crippen LogP contribution in [0.15, 0.2) is 0 Å². The van der Waals surface area contributed by atoms with Gasteiger partial charge < -0.3 is 19.9 Å². The normalized spacial score (nSPS) is 30.4. The number of nitrogens with zero attached hydrogens (tertiary/aromatic N) is 2. The van der Waals surface area contributed by atoms with Crippen molar-refractivity contribution in [1.29, 1.82) is 0 Å². The maximum absolute atomic E-state index is 12.0. The van der Waals surface area contributed by atoms with E-state index < -0.39 is 0 Å². The molecule has 2 aliphatic rings. The van der Waals surface area contributed by atoms with Gasteiger partial charge in [0.25, 0.3) is 0 Å². The van der Waals surface area contributed by atoms with E-state index in [4.69, 9.17) is 4.74 Å². The summed E-state index contributed by atoms with van der Waals surface area (Å²) < 4.78 is 5.71. The van der Waals surface area contributed by atoms with Crippen LogP contribution in [0.2, 0.25) is 0 Å². The predicted octanol–water partition coefficient (Wildman–Crippen LogP) is -0.0825. The molecule has 2 rings (SSSR count). The molecule has 2 aliphatic heterocycles. The Labute approximate surface area is 109 Å². The lowest BCUT2D eigenvalue weighted by Gasteiger charge is -2.33. The van der Waals surface area contributed by atoms with Crippen molar-refractivity contribution in [3.63, 3.8) is 0 Å². The molecule has 2 heterocycles. The van der Waals surface area contributed by atoms with E-state index in [-0.39, 0.29) is 18.6 Å². The lowest BCUT2D eigenvalue weighted by molar-refractivity contribution is -0.140. The first-order chi connectivity index (χ1) is 8.65. The van der Waals surface area contributed by atoms with E-state index in [1.165, 1.54) is 0 Å². The van der Waals surface area contributed by atoms with Gasteiger partial charge in [0, 0.05) is 38.8 Å². The van der Waals surface area contributed by atoms with Gasteiger partial charge in [0.15, 0.2) is 0 Å². The molecule has 5 heteroatoms. The van der Waals surface area contributed by atoms with Gasteiger partial charge in [-0.2, -0.15) is 0 Å². The summed E-state index contributed by atoms with van der Waals surface area (Å²) in [7, 11) is 2.09. The molecule has 1 amide bonds. The molecule has 0 aromatic heterocycles. The summed E-state index contributed by atoms with van der Waals surface area (Å²) in [6, 6.07) is 0.582. The van der Waals surface area contributed by atoms with Crippen LogP contribution in [0.25, 0.3) is 0 Å². The highest BCUT2D eigenvalue weighted by molar-refractivity contribution is 5.77. The van der Waals surface area contributed by atoms with Crippen LogP contribution in [-0.2, 0) is 9.53 Å². The number of nitrogens with one attached hydrogen (secondary N) is 1. The molecule has 18 heavy (non-hydrogen) atoms. The second-order valence-corrected chi connectivity index (χ2v) is 5.50. The third-order valence-electron chi connectivity index (χ3n) is 3.91. The SMILES string of the molecule is CC1CCC(OCC(=O)N2CCN(C)CC2)CN1. The smallest absolute Gasteiger partial charge is 0.248 e. The van der Waals surface area contributed by atoms with Crippen molar-refractivity contribution in [2.75, 3.05) is 46.4 Å². The fourth-order valence-electron chi connectivity index (χ4n) is 2.45. The van der Waals surface area contributed by atoms with Crippen LogP contribution in [-0.4, -0.2) is 74.2 Å². The van der Waals surface area contributed by atoms with E-state index >= 15 is 0 Å². The lowest BCUT2D eigenvalue weighted by Crippen LogP contribution is -2.49. The van der Waals surface area contributed by atoms with E-state index in [0.29, 0.717) is 6.04 Å². The van der Waals surface area contributed by atoms with E-state index in [0.717, 1.165) is 45.6 Å². The van der Waals surface area contributed by atoms with Crippen LogP contribution in [0, 0.1) is 0 Å². The average molecular weight is 255 g/mol. The molecular formula is C13H25N3O2. The van der Waals surface area contributed by atoms with Gasteiger partial charge in [-0.15, -0.1) is 0 Å². The number of carbonyl (C=O) groups excluding carboxylic acids is 1. The van der Waals surface area contributed by atoms with E-state index in [2.05, 4.69) is 24.2 Å². The zero-order valence-corrected chi connectivity index (χ0v) is 11.5. The molecule has 2 atom stereocenters. The summed E-state index contributed by atoms with van der Waals surface area (Å²) in [6.45, 7) is 6.90. The molecule has 0 aromatic carbocycles. The van der Waals surface area contributed by atoms with Gasteiger partial charge in [0.2, 0.25) is 5.91 Å². The van der Waals surface area contributed by atoms with E-state index in [1.807, 2.05) is 4.90 Å². The summed E-state index contributed by atoms with van der Waals surface area (Å²) in [4.78, 5) is 16.1. The summed E-state index contributed by atoms with van der Waals surface area (Å²) >= 11 is 0. The highest BCUT2D eigenvalue weighted by Gasteiger charge is 2.22.